The van der Waals surface area contributed by atoms with Crippen LogP contribution < -0.4 is 5.32 Å². The standard InChI is InChI=1S/C19H27N3O6/c1-27-12-9-20-16-8-7-15(13-17(16)22(25)26)19(24)28-14-18(23)21-10-5-3-2-4-6-11-21/h7-8,13,20H,2-6,9-12,14H2,1H3. The van der Waals surface area contributed by atoms with Gasteiger partial charge in [0.25, 0.3) is 11.6 Å². The molecule has 28 heavy (non-hydrogen) atoms. The molecule has 0 aliphatic carbocycles. The summed E-state index contributed by atoms with van der Waals surface area (Å²) in [4.78, 5) is 37.0. The predicted octanol–water partition coefficient (Wildman–Crippen LogP) is 2.60. The van der Waals surface area contributed by atoms with Crippen LogP contribution in [0.2, 0.25) is 0 Å². The van der Waals surface area contributed by atoms with Gasteiger partial charge in [-0.05, 0) is 25.0 Å². The van der Waals surface area contributed by atoms with Crippen LogP contribution in [0.15, 0.2) is 18.2 Å². The number of ether oxygens (including phenoxy) is 2. The van der Waals surface area contributed by atoms with Gasteiger partial charge in [0.1, 0.15) is 5.69 Å². The van der Waals surface area contributed by atoms with E-state index in [9.17, 15) is 19.7 Å². The largest absolute Gasteiger partial charge is 0.452 e. The zero-order valence-corrected chi connectivity index (χ0v) is 16.1. The molecular weight excluding hydrogens is 366 g/mol. The van der Waals surface area contributed by atoms with Crippen molar-refractivity contribution in [1.29, 1.82) is 0 Å². The number of nitro groups is 1. The minimum atomic E-state index is -0.757. The molecule has 0 radical (unpaired) electrons. The number of benzene rings is 1. The third kappa shape index (κ3) is 6.49. The van der Waals surface area contributed by atoms with E-state index in [1.807, 2.05) is 0 Å². The molecular formula is C19H27N3O6. The number of methoxy groups -OCH3 is 1. The van der Waals surface area contributed by atoms with Crippen molar-refractivity contribution in [3.05, 3.63) is 33.9 Å². The highest BCUT2D eigenvalue weighted by atomic mass is 16.6. The number of carbonyl (C=O) groups is 2. The maximum Gasteiger partial charge on any atom is 0.338 e. The fraction of sp³-hybridized carbons (Fsp3) is 0.579. The van der Waals surface area contributed by atoms with Gasteiger partial charge < -0.3 is 19.7 Å². The normalized spacial score (nSPS) is 14.7. The lowest BCUT2D eigenvalue weighted by Gasteiger charge is -2.24. The molecule has 1 aromatic rings. The van der Waals surface area contributed by atoms with Gasteiger partial charge in [0.05, 0.1) is 17.1 Å². The quantitative estimate of drug-likeness (QED) is 0.313. The fourth-order valence-corrected chi connectivity index (χ4v) is 3.05. The third-order valence-electron chi connectivity index (χ3n) is 4.59. The molecule has 0 atom stereocenters. The van der Waals surface area contributed by atoms with Crippen molar-refractivity contribution in [2.24, 2.45) is 0 Å². The van der Waals surface area contributed by atoms with Crippen LogP contribution in [0.1, 0.15) is 42.5 Å². The number of carbonyl (C=O) groups excluding carboxylic acids is 2. The van der Waals surface area contributed by atoms with Crippen molar-refractivity contribution in [2.75, 3.05) is 45.3 Å². The fourth-order valence-electron chi connectivity index (χ4n) is 3.05. The number of anilines is 1. The lowest BCUT2D eigenvalue weighted by molar-refractivity contribution is -0.384. The van der Waals surface area contributed by atoms with Crippen molar-refractivity contribution < 1.29 is 24.0 Å². The summed E-state index contributed by atoms with van der Waals surface area (Å²) in [5.74, 6) is -0.991. The van der Waals surface area contributed by atoms with Gasteiger partial charge in [-0.2, -0.15) is 0 Å². The van der Waals surface area contributed by atoms with Gasteiger partial charge >= 0.3 is 5.97 Å². The van der Waals surface area contributed by atoms with Gasteiger partial charge in [0.2, 0.25) is 0 Å². The lowest BCUT2D eigenvalue weighted by Crippen LogP contribution is -2.36. The van der Waals surface area contributed by atoms with Crippen molar-refractivity contribution >= 4 is 23.3 Å². The molecule has 1 aliphatic heterocycles. The van der Waals surface area contributed by atoms with Crippen LogP contribution in [0.4, 0.5) is 11.4 Å². The number of esters is 1. The molecule has 9 nitrogen and oxygen atoms in total. The molecule has 1 saturated heterocycles. The number of likely N-dealkylation sites (tertiary alicyclic amines) is 1. The minimum Gasteiger partial charge on any atom is -0.452 e. The molecule has 0 spiro atoms. The zero-order chi connectivity index (χ0) is 20.4. The van der Waals surface area contributed by atoms with Crippen LogP contribution in [0, 0.1) is 10.1 Å². The number of nitrogens with one attached hydrogen (secondary N) is 1. The Morgan fingerprint density at radius 1 is 1.18 bits per heavy atom. The first-order valence-electron chi connectivity index (χ1n) is 9.49. The van der Waals surface area contributed by atoms with Crippen LogP contribution in [0.3, 0.4) is 0 Å². The second kappa shape index (κ2) is 11.2. The van der Waals surface area contributed by atoms with E-state index in [-0.39, 0.29) is 29.5 Å². The minimum absolute atomic E-state index is 0.0319. The molecule has 9 heteroatoms. The highest BCUT2D eigenvalue weighted by molar-refractivity contribution is 5.93. The predicted molar refractivity (Wildman–Crippen MR) is 103 cm³/mol. The van der Waals surface area contributed by atoms with Crippen molar-refractivity contribution in [1.82, 2.24) is 4.90 Å². The molecule has 0 unspecified atom stereocenters. The molecule has 0 aromatic heterocycles. The summed E-state index contributed by atoms with van der Waals surface area (Å²) >= 11 is 0. The van der Waals surface area contributed by atoms with Crippen LogP contribution in [0.25, 0.3) is 0 Å². The summed E-state index contributed by atoms with van der Waals surface area (Å²) in [5.41, 5.74) is 0.0837. The molecule has 154 valence electrons. The first-order chi connectivity index (χ1) is 13.5. The molecule has 1 aliphatic rings. The van der Waals surface area contributed by atoms with Gasteiger partial charge in [0, 0.05) is 32.8 Å². The Morgan fingerprint density at radius 2 is 1.86 bits per heavy atom. The summed E-state index contributed by atoms with van der Waals surface area (Å²) in [6.07, 6.45) is 5.27. The molecule has 1 fully saturated rings. The lowest BCUT2D eigenvalue weighted by atomic mass is 10.1. The SMILES string of the molecule is COCCNc1ccc(C(=O)OCC(=O)N2CCCCCCC2)cc1[N+](=O)[O-]. The van der Waals surface area contributed by atoms with Crippen LogP contribution in [-0.2, 0) is 14.3 Å². The van der Waals surface area contributed by atoms with Gasteiger partial charge in [-0.3, -0.25) is 14.9 Å². The number of amides is 1. The third-order valence-corrected chi connectivity index (χ3v) is 4.59. The van der Waals surface area contributed by atoms with E-state index in [1.165, 1.54) is 25.7 Å². The van der Waals surface area contributed by atoms with E-state index in [4.69, 9.17) is 9.47 Å². The maximum atomic E-state index is 12.3. The van der Waals surface area contributed by atoms with E-state index in [0.29, 0.717) is 26.2 Å². The summed E-state index contributed by atoms with van der Waals surface area (Å²) < 4.78 is 10.00. The number of hydrogen-bond donors (Lipinski definition) is 1. The Kier molecular flexibility index (Phi) is 8.67. The number of hydrogen-bond acceptors (Lipinski definition) is 7. The Balaban J connectivity index is 1.96. The molecule has 2 rings (SSSR count). The Bertz CT molecular complexity index is 686. The highest BCUT2D eigenvalue weighted by Crippen LogP contribution is 2.25. The van der Waals surface area contributed by atoms with Gasteiger partial charge in [-0.15, -0.1) is 0 Å². The van der Waals surface area contributed by atoms with E-state index in [2.05, 4.69) is 5.32 Å². The number of nitrogens with zero attached hydrogens (tertiary/aromatic N) is 2. The number of rotatable bonds is 8. The highest BCUT2D eigenvalue weighted by Gasteiger charge is 2.20. The average Bonchev–Trinajstić information content (AvgIpc) is 2.65. The Labute approximate surface area is 164 Å². The topological polar surface area (TPSA) is 111 Å². The van der Waals surface area contributed by atoms with Gasteiger partial charge in [-0.1, -0.05) is 19.3 Å². The van der Waals surface area contributed by atoms with Crippen LogP contribution in [-0.4, -0.2) is 61.7 Å². The Hall–Kier alpha value is -2.68. The summed E-state index contributed by atoms with van der Waals surface area (Å²) in [5, 5.41) is 14.2. The summed E-state index contributed by atoms with van der Waals surface area (Å²) in [7, 11) is 1.53. The molecule has 1 heterocycles. The molecule has 1 N–H and O–H groups in total. The summed E-state index contributed by atoms with van der Waals surface area (Å²) in [6, 6.07) is 4.04. The first-order valence-corrected chi connectivity index (χ1v) is 9.49. The average molecular weight is 393 g/mol. The van der Waals surface area contributed by atoms with Crippen molar-refractivity contribution in [3.63, 3.8) is 0 Å². The van der Waals surface area contributed by atoms with Gasteiger partial charge in [0.15, 0.2) is 6.61 Å². The van der Waals surface area contributed by atoms with E-state index in [0.717, 1.165) is 31.7 Å². The second-order valence-electron chi connectivity index (χ2n) is 6.63. The monoisotopic (exact) mass is 393 g/mol. The molecule has 0 saturated carbocycles. The zero-order valence-electron chi connectivity index (χ0n) is 16.1. The smallest absolute Gasteiger partial charge is 0.338 e. The van der Waals surface area contributed by atoms with Crippen LogP contribution >= 0.6 is 0 Å². The van der Waals surface area contributed by atoms with Crippen molar-refractivity contribution in [2.45, 2.75) is 32.1 Å². The van der Waals surface area contributed by atoms with E-state index < -0.39 is 10.9 Å². The molecule has 1 amide bonds. The maximum absolute atomic E-state index is 12.3. The van der Waals surface area contributed by atoms with Crippen molar-refractivity contribution in [3.8, 4) is 0 Å². The van der Waals surface area contributed by atoms with E-state index in [1.54, 1.807) is 4.90 Å². The second-order valence-corrected chi connectivity index (χ2v) is 6.63. The van der Waals surface area contributed by atoms with Gasteiger partial charge in [-0.25, -0.2) is 4.79 Å². The molecule has 0 bridgehead atoms. The van der Waals surface area contributed by atoms with E-state index >= 15 is 0 Å². The Morgan fingerprint density at radius 3 is 2.50 bits per heavy atom. The number of nitro benzene ring substituents is 1. The summed E-state index contributed by atoms with van der Waals surface area (Å²) in [6.45, 7) is 1.76. The van der Waals surface area contributed by atoms with Crippen LogP contribution in [0.5, 0.6) is 0 Å². The first kappa shape index (κ1) is 21.6. The molecule has 1 aromatic carbocycles.